The SMILES string of the molecule is COc1ccc(N[C@](C#N)(c2ccc3ccccc3c2)C(F)(F)F)cc1. The normalized spacial score (nSPS) is 13.7. The summed E-state index contributed by atoms with van der Waals surface area (Å²) < 4.78 is 47.0. The first-order valence-electron chi connectivity index (χ1n) is 7.79. The van der Waals surface area contributed by atoms with Crippen LogP contribution in [0.25, 0.3) is 10.8 Å². The van der Waals surface area contributed by atoms with E-state index in [2.05, 4.69) is 5.32 Å². The van der Waals surface area contributed by atoms with Crippen molar-refractivity contribution in [2.75, 3.05) is 12.4 Å². The number of benzene rings is 3. The van der Waals surface area contributed by atoms with Crippen molar-refractivity contribution < 1.29 is 17.9 Å². The first-order valence-corrected chi connectivity index (χ1v) is 7.79. The zero-order valence-corrected chi connectivity index (χ0v) is 13.8. The largest absolute Gasteiger partial charge is 0.497 e. The van der Waals surface area contributed by atoms with E-state index in [0.717, 1.165) is 5.39 Å². The fraction of sp³-hybridized carbons (Fsp3) is 0.150. The molecule has 0 heterocycles. The number of hydrogen-bond acceptors (Lipinski definition) is 3. The van der Waals surface area contributed by atoms with Gasteiger partial charge in [-0.3, -0.25) is 0 Å². The Morgan fingerprint density at radius 2 is 1.58 bits per heavy atom. The molecule has 0 amide bonds. The van der Waals surface area contributed by atoms with E-state index >= 15 is 0 Å². The Hall–Kier alpha value is -3.20. The molecule has 3 rings (SSSR count). The highest BCUT2D eigenvalue weighted by atomic mass is 19.4. The van der Waals surface area contributed by atoms with E-state index in [1.807, 2.05) is 0 Å². The molecule has 0 unspecified atom stereocenters. The van der Waals surface area contributed by atoms with Crippen LogP contribution >= 0.6 is 0 Å². The van der Waals surface area contributed by atoms with E-state index in [9.17, 15) is 18.4 Å². The van der Waals surface area contributed by atoms with Crippen molar-refractivity contribution in [2.24, 2.45) is 0 Å². The van der Waals surface area contributed by atoms with Crippen molar-refractivity contribution in [1.82, 2.24) is 0 Å². The van der Waals surface area contributed by atoms with Crippen LogP contribution in [0.15, 0.2) is 66.7 Å². The van der Waals surface area contributed by atoms with Gasteiger partial charge in [0.25, 0.3) is 0 Å². The number of rotatable bonds is 4. The summed E-state index contributed by atoms with van der Waals surface area (Å²) >= 11 is 0. The van der Waals surface area contributed by atoms with Crippen LogP contribution < -0.4 is 10.1 Å². The molecule has 3 aromatic carbocycles. The third-order valence-electron chi connectivity index (χ3n) is 4.20. The number of ether oxygens (including phenoxy) is 1. The first kappa shape index (κ1) is 17.6. The van der Waals surface area contributed by atoms with Gasteiger partial charge in [-0.05, 0) is 41.1 Å². The molecule has 0 radical (unpaired) electrons. The fourth-order valence-corrected chi connectivity index (χ4v) is 2.78. The predicted octanol–water partition coefficient (Wildman–Crippen LogP) is 5.24. The molecule has 6 heteroatoms. The van der Waals surface area contributed by atoms with Crippen molar-refractivity contribution in [3.05, 3.63) is 72.3 Å². The highest BCUT2D eigenvalue weighted by Crippen LogP contribution is 2.42. The maximum atomic E-state index is 14.0. The average Bonchev–Trinajstić information content (AvgIpc) is 2.65. The Morgan fingerprint density at radius 3 is 2.15 bits per heavy atom. The molecule has 0 saturated heterocycles. The third kappa shape index (κ3) is 3.04. The molecular formula is C20H15F3N2O. The van der Waals surface area contributed by atoms with Crippen LogP contribution in [-0.2, 0) is 5.54 Å². The molecular weight excluding hydrogens is 341 g/mol. The van der Waals surface area contributed by atoms with Gasteiger partial charge in [0.05, 0.1) is 7.11 Å². The monoisotopic (exact) mass is 356 g/mol. The van der Waals surface area contributed by atoms with Crippen LogP contribution in [0.3, 0.4) is 0 Å². The summed E-state index contributed by atoms with van der Waals surface area (Å²) in [6, 6.07) is 18.8. The summed E-state index contributed by atoms with van der Waals surface area (Å²) in [7, 11) is 1.47. The van der Waals surface area contributed by atoms with Gasteiger partial charge in [0.15, 0.2) is 0 Å². The Labute approximate surface area is 148 Å². The summed E-state index contributed by atoms with van der Waals surface area (Å²) in [5.41, 5.74) is -2.87. The van der Waals surface area contributed by atoms with Crippen LogP contribution in [0.1, 0.15) is 5.56 Å². The molecule has 0 fully saturated rings. The summed E-state index contributed by atoms with van der Waals surface area (Å²) in [6.45, 7) is 0. The number of nitrogens with one attached hydrogen (secondary N) is 1. The maximum Gasteiger partial charge on any atom is 0.429 e. The lowest BCUT2D eigenvalue weighted by atomic mass is 9.88. The summed E-state index contributed by atoms with van der Waals surface area (Å²) in [5, 5.41) is 13.3. The molecule has 0 spiro atoms. The number of nitrogens with zero attached hydrogens (tertiary/aromatic N) is 1. The molecule has 1 N–H and O–H groups in total. The topological polar surface area (TPSA) is 45.0 Å². The van der Waals surface area contributed by atoms with Crippen molar-refractivity contribution in [3.8, 4) is 11.8 Å². The van der Waals surface area contributed by atoms with E-state index in [0.29, 0.717) is 11.1 Å². The lowest BCUT2D eigenvalue weighted by Gasteiger charge is -2.31. The van der Waals surface area contributed by atoms with Gasteiger partial charge >= 0.3 is 6.18 Å². The third-order valence-corrected chi connectivity index (χ3v) is 4.20. The number of hydrogen-bond donors (Lipinski definition) is 1. The zero-order chi connectivity index (χ0) is 18.8. The Balaban J connectivity index is 2.12. The van der Waals surface area contributed by atoms with Crippen molar-refractivity contribution in [1.29, 1.82) is 5.26 Å². The summed E-state index contributed by atoms with van der Waals surface area (Å²) in [5.74, 6) is 0.510. The van der Waals surface area contributed by atoms with Gasteiger partial charge in [-0.1, -0.05) is 36.4 Å². The molecule has 0 saturated carbocycles. The standard InChI is InChI=1S/C20H15F3N2O/c1-26-18-10-8-17(9-11-18)25-19(13-24,20(21,22)23)16-7-6-14-4-2-3-5-15(14)12-16/h2-12,25H,1H3/t19-/m1/s1. The highest BCUT2D eigenvalue weighted by molar-refractivity contribution is 5.83. The van der Waals surface area contributed by atoms with Gasteiger partial charge in [0.2, 0.25) is 5.54 Å². The maximum absolute atomic E-state index is 14.0. The lowest BCUT2D eigenvalue weighted by Crippen LogP contribution is -2.47. The zero-order valence-electron chi connectivity index (χ0n) is 13.8. The average molecular weight is 356 g/mol. The summed E-state index contributed by atoms with van der Waals surface area (Å²) in [6.07, 6.45) is -4.83. The van der Waals surface area contributed by atoms with E-state index in [1.54, 1.807) is 30.3 Å². The van der Waals surface area contributed by atoms with Crippen molar-refractivity contribution >= 4 is 16.5 Å². The van der Waals surface area contributed by atoms with Gasteiger partial charge < -0.3 is 10.1 Å². The number of methoxy groups -OCH3 is 1. The Bertz CT molecular complexity index is 961. The van der Waals surface area contributed by atoms with Crippen LogP contribution in [0, 0.1) is 11.3 Å². The van der Waals surface area contributed by atoms with Crippen LogP contribution in [0.2, 0.25) is 0 Å². The molecule has 3 aromatic rings. The van der Waals surface area contributed by atoms with Gasteiger partial charge in [0.1, 0.15) is 11.8 Å². The predicted molar refractivity (Wildman–Crippen MR) is 93.9 cm³/mol. The molecule has 3 nitrogen and oxygen atoms in total. The molecule has 0 aliphatic rings. The van der Waals surface area contributed by atoms with Crippen molar-refractivity contribution in [2.45, 2.75) is 11.7 Å². The second-order valence-corrected chi connectivity index (χ2v) is 5.77. The second-order valence-electron chi connectivity index (χ2n) is 5.77. The number of halogens is 3. The Morgan fingerprint density at radius 1 is 0.923 bits per heavy atom. The number of nitriles is 1. The highest BCUT2D eigenvalue weighted by Gasteiger charge is 2.57. The quantitative estimate of drug-likeness (QED) is 0.695. The lowest BCUT2D eigenvalue weighted by molar-refractivity contribution is -0.165. The molecule has 0 aromatic heterocycles. The van der Waals surface area contributed by atoms with Gasteiger partial charge in [0, 0.05) is 11.3 Å². The van der Waals surface area contributed by atoms with Gasteiger partial charge in [-0.15, -0.1) is 0 Å². The van der Waals surface area contributed by atoms with Crippen LogP contribution in [0.5, 0.6) is 5.75 Å². The number of fused-ring (bicyclic) bond motifs is 1. The van der Waals surface area contributed by atoms with E-state index in [1.165, 1.54) is 49.6 Å². The minimum atomic E-state index is -4.83. The molecule has 1 atom stereocenters. The smallest absolute Gasteiger partial charge is 0.429 e. The minimum Gasteiger partial charge on any atom is -0.497 e. The summed E-state index contributed by atoms with van der Waals surface area (Å²) in [4.78, 5) is 0. The Kier molecular flexibility index (Phi) is 4.47. The molecule has 0 aliphatic heterocycles. The molecule has 132 valence electrons. The number of anilines is 1. The van der Waals surface area contributed by atoms with Crippen LogP contribution in [0.4, 0.5) is 18.9 Å². The molecule has 26 heavy (non-hydrogen) atoms. The van der Waals surface area contributed by atoms with E-state index in [4.69, 9.17) is 4.74 Å². The number of alkyl halides is 3. The van der Waals surface area contributed by atoms with E-state index in [-0.39, 0.29) is 11.3 Å². The minimum absolute atomic E-state index is 0.165. The second kappa shape index (κ2) is 6.60. The van der Waals surface area contributed by atoms with Gasteiger partial charge in [-0.25, -0.2) is 0 Å². The fourth-order valence-electron chi connectivity index (χ4n) is 2.78. The van der Waals surface area contributed by atoms with Crippen molar-refractivity contribution in [3.63, 3.8) is 0 Å². The van der Waals surface area contributed by atoms with Crippen LogP contribution in [-0.4, -0.2) is 13.3 Å². The first-order chi connectivity index (χ1) is 12.4. The molecule has 0 bridgehead atoms. The van der Waals surface area contributed by atoms with Gasteiger partial charge in [-0.2, -0.15) is 18.4 Å². The molecule has 0 aliphatic carbocycles. The van der Waals surface area contributed by atoms with E-state index < -0.39 is 11.7 Å².